The van der Waals surface area contributed by atoms with Crippen molar-refractivity contribution in [1.29, 1.82) is 0 Å². The van der Waals surface area contributed by atoms with Crippen molar-refractivity contribution in [3.8, 4) is 0 Å². The van der Waals surface area contributed by atoms with Gasteiger partial charge in [-0.05, 0) is 49.2 Å². The molecule has 0 aromatic heterocycles. The molecule has 5 nitrogen and oxygen atoms in total. The lowest BCUT2D eigenvalue weighted by Gasteiger charge is -2.36. The fraction of sp³-hybridized carbons (Fsp3) is 0.440. The minimum Gasteiger partial charge on any atom is -0.369 e. The standard InChI is InChI=1S/C25H28F3N3O2/c1-18-6-2-3-9-21(18)22-17-23(32)31(24(22)33)11-5-10-29-12-14-30(15-13-29)20-8-4-7-19(16-20)25(26,27)28/h2-4,6-9,16,22H,5,10-15,17H2,1H3. The van der Waals surface area contributed by atoms with Crippen molar-refractivity contribution in [2.45, 2.75) is 31.9 Å². The second kappa shape index (κ2) is 9.55. The van der Waals surface area contributed by atoms with Gasteiger partial charge in [-0.2, -0.15) is 13.2 Å². The number of carbonyl (C=O) groups excluding carboxylic acids is 2. The summed E-state index contributed by atoms with van der Waals surface area (Å²) in [5.74, 6) is -0.638. The Balaban J connectivity index is 1.26. The van der Waals surface area contributed by atoms with E-state index in [-0.39, 0.29) is 18.2 Å². The summed E-state index contributed by atoms with van der Waals surface area (Å²) in [6.45, 7) is 5.82. The average molecular weight is 460 g/mol. The summed E-state index contributed by atoms with van der Waals surface area (Å²) in [6, 6.07) is 13.1. The van der Waals surface area contributed by atoms with Crippen LogP contribution in [-0.4, -0.2) is 60.9 Å². The molecule has 176 valence electrons. The molecule has 1 atom stereocenters. The number of likely N-dealkylation sites (tertiary alicyclic amines) is 1. The first-order valence-electron chi connectivity index (χ1n) is 11.3. The number of hydrogen-bond donors (Lipinski definition) is 0. The first-order chi connectivity index (χ1) is 15.7. The van der Waals surface area contributed by atoms with E-state index in [0.29, 0.717) is 31.7 Å². The summed E-state index contributed by atoms with van der Waals surface area (Å²) in [5.41, 5.74) is 1.89. The van der Waals surface area contributed by atoms with Crippen molar-refractivity contribution in [1.82, 2.24) is 9.80 Å². The van der Waals surface area contributed by atoms with E-state index in [9.17, 15) is 22.8 Å². The quantitative estimate of drug-likeness (QED) is 0.611. The van der Waals surface area contributed by atoms with Crippen molar-refractivity contribution in [3.63, 3.8) is 0 Å². The lowest BCUT2D eigenvalue weighted by atomic mass is 9.93. The van der Waals surface area contributed by atoms with Gasteiger partial charge in [-0.3, -0.25) is 19.4 Å². The second-order valence-corrected chi connectivity index (χ2v) is 8.73. The van der Waals surface area contributed by atoms with Crippen LogP contribution >= 0.6 is 0 Å². The molecule has 1 unspecified atom stereocenters. The first kappa shape index (κ1) is 23.3. The minimum atomic E-state index is -4.35. The highest BCUT2D eigenvalue weighted by molar-refractivity contribution is 6.06. The number of alkyl halides is 3. The van der Waals surface area contributed by atoms with Gasteiger partial charge in [0.05, 0.1) is 11.5 Å². The van der Waals surface area contributed by atoms with Gasteiger partial charge in [0, 0.05) is 44.8 Å². The Kier molecular flexibility index (Phi) is 6.74. The van der Waals surface area contributed by atoms with Crippen LogP contribution < -0.4 is 4.90 Å². The van der Waals surface area contributed by atoms with E-state index < -0.39 is 17.7 Å². The molecule has 2 aromatic rings. The molecule has 2 aromatic carbocycles. The summed E-state index contributed by atoms with van der Waals surface area (Å²) in [7, 11) is 0. The molecular weight excluding hydrogens is 431 g/mol. The largest absolute Gasteiger partial charge is 0.416 e. The van der Waals surface area contributed by atoms with E-state index in [1.165, 1.54) is 17.0 Å². The van der Waals surface area contributed by atoms with Crippen LogP contribution in [0.5, 0.6) is 0 Å². The number of imide groups is 1. The average Bonchev–Trinajstić information content (AvgIpc) is 3.07. The predicted molar refractivity (Wildman–Crippen MR) is 120 cm³/mol. The molecule has 2 fully saturated rings. The Bertz CT molecular complexity index is 1020. The van der Waals surface area contributed by atoms with Gasteiger partial charge in [-0.25, -0.2) is 0 Å². The molecule has 2 heterocycles. The number of rotatable bonds is 6. The maximum atomic E-state index is 13.0. The first-order valence-corrected chi connectivity index (χ1v) is 11.3. The van der Waals surface area contributed by atoms with Crippen molar-refractivity contribution >= 4 is 17.5 Å². The number of nitrogens with zero attached hydrogens (tertiary/aromatic N) is 3. The molecule has 0 N–H and O–H groups in total. The molecule has 0 spiro atoms. The fourth-order valence-electron chi connectivity index (χ4n) is 4.70. The van der Waals surface area contributed by atoms with Gasteiger partial charge in [-0.1, -0.05) is 30.3 Å². The van der Waals surface area contributed by atoms with E-state index in [1.807, 2.05) is 36.1 Å². The number of aryl methyl sites for hydroxylation is 1. The SMILES string of the molecule is Cc1ccccc1C1CC(=O)N(CCCN2CCN(c3cccc(C(F)(F)F)c3)CC2)C1=O. The normalized spacial score (nSPS) is 20.1. The van der Waals surface area contributed by atoms with Gasteiger partial charge in [0.25, 0.3) is 0 Å². The van der Waals surface area contributed by atoms with Crippen LogP contribution in [0.3, 0.4) is 0 Å². The molecule has 2 amide bonds. The summed E-state index contributed by atoms with van der Waals surface area (Å²) in [6.07, 6.45) is -3.44. The Morgan fingerprint density at radius 1 is 0.939 bits per heavy atom. The molecule has 2 aliphatic rings. The lowest BCUT2D eigenvalue weighted by molar-refractivity contribution is -0.139. The van der Waals surface area contributed by atoms with E-state index in [1.54, 1.807) is 6.07 Å². The smallest absolute Gasteiger partial charge is 0.369 e. The van der Waals surface area contributed by atoms with Crippen molar-refractivity contribution < 1.29 is 22.8 Å². The number of anilines is 1. The molecule has 33 heavy (non-hydrogen) atoms. The number of benzene rings is 2. The fourth-order valence-corrected chi connectivity index (χ4v) is 4.70. The van der Waals surface area contributed by atoms with Crippen LogP contribution in [0.1, 0.15) is 35.4 Å². The zero-order valence-corrected chi connectivity index (χ0v) is 18.6. The van der Waals surface area contributed by atoms with E-state index in [0.717, 1.165) is 36.8 Å². The summed E-state index contributed by atoms with van der Waals surface area (Å²) in [4.78, 5) is 30.9. The monoisotopic (exact) mass is 459 g/mol. The Labute approximate surface area is 191 Å². The highest BCUT2D eigenvalue weighted by atomic mass is 19.4. The van der Waals surface area contributed by atoms with Crippen molar-refractivity contribution in [2.24, 2.45) is 0 Å². The predicted octanol–water partition coefficient (Wildman–Crippen LogP) is 4.07. The summed E-state index contributed by atoms with van der Waals surface area (Å²) < 4.78 is 38.9. The number of halogens is 3. The van der Waals surface area contributed by atoms with E-state index >= 15 is 0 Å². The molecule has 2 saturated heterocycles. The zero-order valence-electron chi connectivity index (χ0n) is 18.6. The van der Waals surface area contributed by atoms with Gasteiger partial charge < -0.3 is 4.90 Å². The molecule has 8 heteroatoms. The zero-order chi connectivity index (χ0) is 23.6. The van der Waals surface area contributed by atoms with Crippen molar-refractivity contribution in [2.75, 3.05) is 44.2 Å². The van der Waals surface area contributed by atoms with E-state index in [4.69, 9.17) is 0 Å². The van der Waals surface area contributed by atoms with Crippen LogP contribution in [0.15, 0.2) is 48.5 Å². The highest BCUT2D eigenvalue weighted by Gasteiger charge is 2.39. The maximum Gasteiger partial charge on any atom is 0.416 e. The Morgan fingerprint density at radius 2 is 1.67 bits per heavy atom. The number of piperazine rings is 1. The third-order valence-electron chi connectivity index (χ3n) is 6.57. The summed E-state index contributed by atoms with van der Waals surface area (Å²) in [5, 5.41) is 0. The lowest BCUT2D eigenvalue weighted by Crippen LogP contribution is -2.47. The second-order valence-electron chi connectivity index (χ2n) is 8.73. The third-order valence-corrected chi connectivity index (χ3v) is 6.57. The molecular formula is C25H28F3N3O2. The third kappa shape index (κ3) is 5.21. The number of carbonyl (C=O) groups is 2. The molecule has 0 aliphatic carbocycles. The molecule has 0 bridgehead atoms. The van der Waals surface area contributed by atoms with Crippen LogP contribution in [-0.2, 0) is 15.8 Å². The Hall–Kier alpha value is -2.87. The van der Waals surface area contributed by atoms with Crippen LogP contribution in [0.4, 0.5) is 18.9 Å². The minimum absolute atomic E-state index is 0.122. The molecule has 0 saturated carbocycles. The van der Waals surface area contributed by atoms with Crippen LogP contribution in [0, 0.1) is 6.92 Å². The van der Waals surface area contributed by atoms with Crippen molar-refractivity contribution in [3.05, 3.63) is 65.2 Å². The van der Waals surface area contributed by atoms with E-state index in [2.05, 4.69) is 4.90 Å². The molecule has 0 radical (unpaired) electrons. The van der Waals surface area contributed by atoms with Gasteiger partial charge in [0.15, 0.2) is 0 Å². The number of hydrogen-bond acceptors (Lipinski definition) is 4. The molecule has 2 aliphatic heterocycles. The molecule has 4 rings (SSSR count). The Morgan fingerprint density at radius 3 is 2.36 bits per heavy atom. The summed E-state index contributed by atoms with van der Waals surface area (Å²) >= 11 is 0. The van der Waals surface area contributed by atoms with Crippen LogP contribution in [0.2, 0.25) is 0 Å². The highest BCUT2D eigenvalue weighted by Crippen LogP contribution is 2.33. The topological polar surface area (TPSA) is 43.9 Å². The van der Waals surface area contributed by atoms with Gasteiger partial charge in [-0.15, -0.1) is 0 Å². The van der Waals surface area contributed by atoms with Gasteiger partial charge in [0.2, 0.25) is 11.8 Å². The van der Waals surface area contributed by atoms with Gasteiger partial charge >= 0.3 is 6.18 Å². The number of amides is 2. The van der Waals surface area contributed by atoms with Crippen LogP contribution in [0.25, 0.3) is 0 Å². The maximum absolute atomic E-state index is 13.0. The van der Waals surface area contributed by atoms with Gasteiger partial charge in [0.1, 0.15) is 0 Å².